The molecular weight excluding hydrogens is 216 g/mol. The Morgan fingerprint density at radius 2 is 2.41 bits per heavy atom. The minimum absolute atomic E-state index is 0.317. The lowest BCUT2D eigenvalue weighted by Crippen LogP contribution is -2.22. The number of hydrogen-bond donors (Lipinski definition) is 2. The van der Waals surface area contributed by atoms with Gasteiger partial charge >= 0.3 is 0 Å². The zero-order valence-electron chi connectivity index (χ0n) is 10.2. The summed E-state index contributed by atoms with van der Waals surface area (Å²) in [6.07, 6.45) is 5.32. The molecule has 6 nitrogen and oxygen atoms in total. The molecule has 2 aromatic heterocycles. The van der Waals surface area contributed by atoms with Crippen molar-refractivity contribution in [1.82, 2.24) is 30.3 Å². The highest BCUT2D eigenvalue weighted by molar-refractivity contribution is 5.05. The number of aromatic nitrogens is 5. The lowest BCUT2D eigenvalue weighted by atomic mass is 10.2. The molecule has 0 amide bonds. The molecule has 0 radical (unpaired) electrons. The highest BCUT2D eigenvalue weighted by Gasteiger charge is 2.07. The highest BCUT2D eigenvalue weighted by atomic mass is 15.3. The second-order valence-corrected chi connectivity index (χ2v) is 4.09. The fourth-order valence-electron chi connectivity index (χ4n) is 1.84. The first-order valence-electron chi connectivity index (χ1n) is 5.83. The summed E-state index contributed by atoms with van der Waals surface area (Å²) in [6.45, 7) is 3.10. The molecule has 0 saturated heterocycles. The molecule has 0 saturated carbocycles. The summed E-state index contributed by atoms with van der Waals surface area (Å²) >= 11 is 0. The summed E-state index contributed by atoms with van der Waals surface area (Å²) in [6, 6.07) is 2.35. The maximum absolute atomic E-state index is 4.16. The molecule has 2 rings (SSSR count). The Hall–Kier alpha value is -1.69. The van der Waals surface area contributed by atoms with Crippen molar-refractivity contribution in [2.75, 3.05) is 6.54 Å². The molecule has 0 fully saturated rings. The first-order valence-corrected chi connectivity index (χ1v) is 5.83. The van der Waals surface area contributed by atoms with Crippen molar-refractivity contribution in [3.63, 3.8) is 0 Å². The maximum atomic E-state index is 4.16. The van der Waals surface area contributed by atoms with E-state index in [2.05, 4.69) is 32.5 Å². The zero-order valence-corrected chi connectivity index (χ0v) is 10.2. The number of H-pyrrole nitrogens is 1. The largest absolute Gasteiger partial charge is 0.309 e. The van der Waals surface area contributed by atoms with Crippen LogP contribution in [0.2, 0.25) is 0 Å². The van der Waals surface area contributed by atoms with E-state index in [0.29, 0.717) is 6.04 Å². The Morgan fingerprint density at radius 3 is 3.06 bits per heavy atom. The summed E-state index contributed by atoms with van der Waals surface area (Å²) < 4.78 is 1.90. The van der Waals surface area contributed by atoms with Crippen LogP contribution in [0.4, 0.5) is 0 Å². The molecule has 92 valence electrons. The van der Waals surface area contributed by atoms with Gasteiger partial charge in [0.1, 0.15) is 12.2 Å². The van der Waals surface area contributed by atoms with Crippen molar-refractivity contribution >= 4 is 0 Å². The van der Waals surface area contributed by atoms with Gasteiger partial charge in [-0.15, -0.1) is 0 Å². The second-order valence-electron chi connectivity index (χ2n) is 4.09. The van der Waals surface area contributed by atoms with Crippen molar-refractivity contribution < 1.29 is 0 Å². The van der Waals surface area contributed by atoms with Crippen LogP contribution in [0.15, 0.2) is 18.6 Å². The van der Waals surface area contributed by atoms with E-state index < -0.39 is 0 Å². The van der Waals surface area contributed by atoms with Crippen LogP contribution in [0.5, 0.6) is 0 Å². The van der Waals surface area contributed by atoms with Crippen LogP contribution in [-0.4, -0.2) is 31.5 Å². The van der Waals surface area contributed by atoms with Crippen molar-refractivity contribution in [2.24, 2.45) is 7.05 Å². The smallest absolute Gasteiger partial charge is 0.137 e. The summed E-state index contributed by atoms with van der Waals surface area (Å²) in [4.78, 5) is 4.09. The molecule has 0 spiro atoms. The van der Waals surface area contributed by atoms with E-state index in [1.807, 2.05) is 24.0 Å². The molecule has 2 aromatic rings. The Balaban J connectivity index is 1.70. The van der Waals surface area contributed by atoms with Gasteiger partial charge in [0, 0.05) is 25.7 Å². The van der Waals surface area contributed by atoms with Gasteiger partial charge in [-0.1, -0.05) is 0 Å². The molecule has 2 N–H and O–H groups in total. The third kappa shape index (κ3) is 3.13. The maximum Gasteiger partial charge on any atom is 0.137 e. The standard InChI is InChI=1S/C11H18N6/c1-9(10-5-7-15-17(10)2)12-6-3-4-11-13-8-14-16-11/h5,7-9,12H,3-4,6H2,1-2H3,(H,13,14,16). The molecule has 1 atom stereocenters. The normalized spacial score (nSPS) is 12.8. The average Bonchev–Trinajstić information content (AvgIpc) is 2.95. The Kier molecular flexibility index (Phi) is 3.87. The number of nitrogens with one attached hydrogen (secondary N) is 2. The van der Waals surface area contributed by atoms with Crippen LogP contribution in [0.1, 0.15) is 30.9 Å². The lowest BCUT2D eigenvalue weighted by Gasteiger charge is -2.13. The Bertz CT molecular complexity index is 433. The first kappa shape index (κ1) is 11.8. The molecule has 0 bridgehead atoms. The van der Waals surface area contributed by atoms with Crippen LogP contribution in [-0.2, 0) is 13.5 Å². The predicted octanol–water partition coefficient (Wildman–Crippen LogP) is 0.822. The third-order valence-corrected chi connectivity index (χ3v) is 2.81. The van der Waals surface area contributed by atoms with Gasteiger partial charge in [-0.3, -0.25) is 9.78 Å². The summed E-state index contributed by atoms with van der Waals surface area (Å²) in [5, 5.41) is 14.3. The molecule has 0 aliphatic rings. The van der Waals surface area contributed by atoms with Gasteiger partial charge in [0.25, 0.3) is 0 Å². The Labute approximate surface area is 100 Å². The molecule has 17 heavy (non-hydrogen) atoms. The molecule has 0 aliphatic heterocycles. The highest BCUT2D eigenvalue weighted by Crippen LogP contribution is 2.09. The first-order chi connectivity index (χ1) is 8.27. The zero-order chi connectivity index (χ0) is 12.1. The fraction of sp³-hybridized carbons (Fsp3) is 0.545. The number of hydrogen-bond acceptors (Lipinski definition) is 4. The average molecular weight is 234 g/mol. The van der Waals surface area contributed by atoms with E-state index in [-0.39, 0.29) is 0 Å². The van der Waals surface area contributed by atoms with Crippen LogP contribution in [0.25, 0.3) is 0 Å². The number of nitrogens with zero attached hydrogens (tertiary/aromatic N) is 4. The van der Waals surface area contributed by atoms with E-state index >= 15 is 0 Å². The monoisotopic (exact) mass is 234 g/mol. The molecule has 0 aromatic carbocycles. The van der Waals surface area contributed by atoms with Crippen molar-refractivity contribution in [3.8, 4) is 0 Å². The third-order valence-electron chi connectivity index (χ3n) is 2.81. The quantitative estimate of drug-likeness (QED) is 0.726. The summed E-state index contributed by atoms with van der Waals surface area (Å²) in [7, 11) is 1.96. The van der Waals surface area contributed by atoms with Gasteiger partial charge in [-0.2, -0.15) is 10.2 Å². The van der Waals surface area contributed by atoms with Gasteiger partial charge in [0.15, 0.2) is 0 Å². The summed E-state index contributed by atoms with van der Waals surface area (Å²) in [5.41, 5.74) is 1.20. The van der Waals surface area contributed by atoms with Gasteiger partial charge in [0.2, 0.25) is 0 Å². The number of aromatic amines is 1. The Morgan fingerprint density at radius 1 is 1.53 bits per heavy atom. The van der Waals surface area contributed by atoms with E-state index in [0.717, 1.165) is 25.2 Å². The second kappa shape index (κ2) is 5.58. The molecule has 1 unspecified atom stereocenters. The molecule has 0 aliphatic carbocycles. The number of aryl methyl sites for hydroxylation is 2. The SMILES string of the molecule is CC(NCCCc1ncn[nH]1)c1ccnn1C. The van der Waals surface area contributed by atoms with Gasteiger partial charge in [0.05, 0.1) is 5.69 Å². The van der Waals surface area contributed by atoms with Crippen molar-refractivity contribution in [1.29, 1.82) is 0 Å². The molecule has 6 heteroatoms. The fourth-order valence-corrected chi connectivity index (χ4v) is 1.84. The van der Waals surface area contributed by atoms with Gasteiger partial charge in [-0.25, -0.2) is 4.98 Å². The summed E-state index contributed by atoms with van der Waals surface area (Å²) in [5.74, 6) is 0.944. The van der Waals surface area contributed by atoms with Crippen LogP contribution < -0.4 is 5.32 Å². The van der Waals surface area contributed by atoms with E-state index in [1.165, 1.54) is 5.69 Å². The van der Waals surface area contributed by atoms with E-state index in [1.54, 1.807) is 6.33 Å². The van der Waals surface area contributed by atoms with Crippen LogP contribution in [0.3, 0.4) is 0 Å². The van der Waals surface area contributed by atoms with Crippen molar-refractivity contribution in [2.45, 2.75) is 25.8 Å². The predicted molar refractivity (Wildman–Crippen MR) is 64.3 cm³/mol. The molecule has 2 heterocycles. The van der Waals surface area contributed by atoms with Gasteiger partial charge < -0.3 is 5.32 Å². The van der Waals surface area contributed by atoms with Gasteiger partial charge in [-0.05, 0) is 26.0 Å². The van der Waals surface area contributed by atoms with E-state index in [4.69, 9.17) is 0 Å². The molecular formula is C11H18N6. The topological polar surface area (TPSA) is 71.4 Å². The minimum Gasteiger partial charge on any atom is -0.309 e. The minimum atomic E-state index is 0.317. The van der Waals surface area contributed by atoms with E-state index in [9.17, 15) is 0 Å². The van der Waals surface area contributed by atoms with Crippen LogP contribution in [0, 0.1) is 0 Å². The van der Waals surface area contributed by atoms with Crippen LogP contribution >= 0.6 is 0 Å². The lowest BCUT2D eigenvalue weighted by molar-refractivity contribution is 0.519. The van der Waals surface area contributed by atoms with Crippen molar-refractivity contribution in [3.05, 3.63) is 30.1 Å². The number of rotatable bonds is 6.